The molecule has 0 radical (unpaired) electrons. The molecule has 0 aliphatic rings. The molecule has 0 unspecified atom stereocenters. The Morgan fingerprint density at radius 2 is 1.78 bits per heavy atom. The number of fused-ring (bicyclic) bond motifs is 1. The summed E-state index contributed by atoms with van der Waals surface area (Å²) in [6.07, 6.45) is 1.82. The summed E-state index contributed by atoms with van der Waals surface area (Å²) < 4.78 is 5.37. The predicted molar refractivity (Wildman–Crippen MR) is 88.8 cm³/mol. The van der Waals surface area contributed by atoms with E-state index < -0.39 is 5.97 Å². The minimum absolute atomic E-state index is 0.0606. The lowest BCUT2D eigenvalue weighted by Crippen LogP contribution is -2.22. The molecule has 23 heavy (non-hydrogen) atoms. The van der Waals surface area contributed by atoms with Crippen molar-refractivity contribution in [2.45, 2.75) is 6.92 Å². The molecule has 0 bridgehead atoms. The smallest absolute Gasteiger partial charge is 0.343 e. The topological polar surface area (TPSA) is 62.4 Å². The van der Waals surface area contributed by atoms with Crippen LogP contribution in [-0.2, 0) is 4.79 Å². The van der Waals surface area contributed by atoms with E-state index in [-0.39, 0.29) is 5.91 Å². The van der Waals surface area contributed by atoms with Crippen molar-refractivity contribution < 1.29 is 14.3 Å². The molecule has 1 aromatic heterocycles. The van der Waals surface area contributed by atoms with E-state index >= 15 is 0 Å². The molecule has 0 spiro atoms. The number of carbonyl (C=O) groups is 2. The minimum atomic E-state index is -0.416. The maximum atomic E-state index is 12.2. The molecule has 0 fully saturated rings. The van der Waals surface area contributed by atoms with Crippen molar-refractivity contribution in [3.63, 3.8) is 0 Å². The van der Waals surface area contributed by atoms with Gasteiger partial charge in [-0.25, -0.2) is 4.79 Å². The van der Waals surface area contributed by atoms with Crippen molar-refractivity contribution in [3.05, 3.63) is 60.3 Å². The number of H-pyrrole nitrogens is 1. The monoisotopic (exact) mass is 308 g/mol. The number of benzene rings is 2. The first-order valence-electron chi connectivity index (χ1n) is 7.18. The molecule has 0 aliphatic heterocycles. The van der Waals surface area contributed by atoms with Crippen LogP contribution in [0.1, 0.15) is 17.3 Å². The van der Waals surface area contributed by atoms with Crippen LogP contribution in [0.3, 0.4) is 0 Å². The van der Waals surface area contributed by atoms with Crippen LogP contribution in [0.4, 0.5) is 5.69 Å². The van der Waals surface area contributed by atoms with Crippen LogP contribution in [0.25, 0.3) is 10.9 Å². The van der Waals surface area contributed by atoms with Crippen LogP contribution in [0.5, 0.6) is 5.75 Å². The summed E-state index contributed by atoms with van der Waals surface area (Å²) in [5, 5.41) is 0.956. The Balaban J connectivity index is 1.75. The highest BCUT2D eigenvalue weighted by molar-refractivity contribution is 5.96. The van der Waals surface area contributed by atoms with Gasteiger partial charge in [0.05, 0.1) is 5.56 Å². The zero-order valence-electron chi connectivity index (χ0n) is 12.9. The molecule has 0 atom stereocenters. The van der Waals surface area contributed by atoms with Crippen LogP contribution in [0.15, 0.2) is 54.7 Å². The third kappa shape index (κ3) is 3.08. The van der Waals surface area contributed by atoms with Crippen molar-refractivity contribution in [1.29, 1.82) is 0 Å². The van der Waals surface area contributed by atoms with Gasteiger partial charge in [0.1, 0.15) is 5.75 Å². The molecule has 1 N–H and O–H groups in total. The Morgan fingerprint density at radius 1 is 1.04 bits per heavy atom. The Labute approximate surface area is 133 Å². The van der Waals surface area contributed by atoms with Gasteiger partial charge in [-0.05, 0) is 48.5 Å². The summed E-state index contributed by atoms with van der Waals surface area (Å²) in [6.45, 7) is 1.49. The zero-order chi connectivity index (χ0) is 16.4. The van der Waals surface area contributed by atoms with Gasteiger partial charge in [-0.2, -0.15) is 0 Å². The SMILES string of the molecule is CC(=O)N(C)c1ccc(OC(=O)c2ccc3[nH]ccc3c2)cc1. The number of amides is 1. The minimum Gasteiger partial charge on any atom is -0.423 e. The molecule has 3 rings (SSSR count). The van der Waals surface area contributed by atoms with Gasteiger partial charge in [0.25, 0.3) is 0 Å². The molecule has 0 saturated carbocycles. The molecule has 0 aliphatic carbocycles. The van der Waals surface area contributed by atoms with Gasteiger partial charge in [-0.1, -0.05) is 0 Å². The Hall–Kier alpha value is -3.08. The highest BCUT2D eigenvalue weighted by Crippen LogP contribution is 2.20. The van der Waals surface area contributed by atoms with Crippen LogP contribution in [-0.4, -0.2) is 23.9 Å². The first-order valence-corrected chi connectivity index (χ1v) is 7.18. The molecular weight excluding hydrogens is 292 g/mol. The van der Waals surface area contributed by atoms with Gasteiger partial charge in [-0.15, -0.1) is 0 Å². The van der Waals surface area contributed by atoms with Crippen molar-refractivity contribution >= 4 is 28.5 Å². The lowest BCUT2D eigenvalue weighted by atomic mass is 10.1. The average molecular weight is 308 g/mol. The molecular formula is C18H16N2O3. The van der Waals surface area contributed by atoms with E-state index in [2.05, 4.69) is 4.98 Å². The highest BCUT2D eigenvalue weighted by atomic mass is 16.5. The predicted octanol–water partition coefficient (Wildman–Crippen LogP) is 3.37. The fourth-order valence-electron chi connectivity index (χ4n) is 2.27. The zero-order valence-corrected chi connectivity index (χ0v) is 12.9. The molecule has 1 heterocycles. The van der Waals surface area contributed by atoms with Gasteiger partial charge < -0.3 is 14.6 Å². The van der Waals surface area contributed by atoms with Crippen molar-refractivity contribution in [1.82, 2.24) is 4.98 Å². The van der Waals surface area contributed by atoms with Gasteiger partial charge >= 0.3 is 5.97 Å². The number of nitrogens with zero attached hydrogens (tertiary/aromatic N) is 1. The standard InChI is InChI=1S/C18H16N2O3/c1-12(21)20(2)15-4-6-16(7-5-15)23-18(22)14-3-8-17-13(11-14)9-10-19-17/h3-11,19H,1-2H3. The number of anilines is 1. The quantitative estimate of drug-likeness (QED) is 0.596. The van der Waals surface area contributed by atoms with Crippen LogP contribution >= 0.6 is 0 Å². The Bertz CT molecular complexity index is 865. The molecule has 5 nitrogen and oxygen atoms in total. The second-order valence-electron chi connectivity index (χ2n) is 5.24. The Morgan fingerprint density at radius 3 is 2.48 bits per heavy atom. The van der Waals surface area contributed by atoms with Crippen LogP contribution in [0.2, 0.25) is 0 Å². The highest BCUT2D eigenvalue weighted by Gasteiger charge is 2.11. The van der Waals surface area contributed by atoms with Gasteiger partial charge in [0, 0.05) is 36.8 Å². The number of rotatable bonds is 3. The van der Waals surface area contributed by atoms with Crippen molar-refractivity contribution in [2.24, 2.45) is 0 Å². The van der Waals surface area contributed by atoms with Crippen molar-refractivity contribution in [2.75, 3.05) is 11.9 Å². The number of esters is 1. The van der Waals surface area contributed by atoms with E-state index in [1.807, 2.05) is 18.3 Å². The number of ether oxygens (including phenoxy) is 1. The van der Waals surface area contributed by atoms with E-state index in [0.717, 1.165) is 16.6 Å². The molecule has 116 valence electrons. The van der Waals surface area contributed by atoms with Crippen LogP contribution < -0.4 is 9.64 Å². The maximum Gasteiger partial charge on any atom is 0.343 e. The number of hydrogen-bond acceptors (Lipinski definition) is 3. The fourth-order valence-corrected chi connectivity index (χ4v) is 2.27. The van der Waals surface area contributed by atoms with Crippen molar-refractivity contribution in [3.8, 4) is 5.75 Å². The largest absolute Gasteiger partial charge is 0.423 e. The second-order valence-corrected chi connectivity index (χ2v) is 5.24. The number of aromatic nitrogens is 1. The first-order chi connectivity index (χ1) is 11.0. The number of nitrogens with one attached hydrogen (secondary N) is 1. The summed E-state index contributed by atoms with van der Waals surface area (Å²) in [7, 11) is 1.69. The molecule has 5 heteroatoms. The lowest BCUT2D eigenvalue weighted by molar-refractivity contribution is -0.116. The average Bonchev–Trinajstić information content (AvgIpc) is 3.02. The van der Waals surface area contributed by atoms with E-state index in [1.165, 1.54) is 11.8 Å². The number of carbonyl (C=O) groups excluding carboxylic acids is 2. The van der Waals surface area contributed by atoms with E-state index in [4.69, 9.17) is 4.74 Å². The number of aromatic amines is 1. The summed E-state index contributed by atoms with van der Waals surface area (Å²) in [4.78, 5) is 28.1. The third-order valence-electron chi connectivity index (χ3n) is 3.70. The normalized spacial score (nSPS) is 10.5. The summed E-state index contributed by atoms with van der Waals surface area (Å²) in [6, 6.07) is 14.1. The van der Waals surface area contributed by atoms with Gasteiger partial charge in [-0.3, -0.25) is 4.79 Å². The van der Waals surface area contributed by atoms with E-state index in [9.17, 15) is 9.59 Å². The lowest BCUT2D eigenvalue weighted by Gasteiger charge is -2.15. The molecule has 3 aromatic rings. The Kier molecular flexibility index (Phi) is 3.85. The summed E-state index contributed by atoms with van der Waals surface area (Å²) >= 11 is 0. The summed E-state index contributed by atoms with van der Waals surface area (Å²) in [5.74, 6) is -0.0415. The number of hydrogen-bond donors (Lipinski definition) is 1. The van der Waals surface area contributed by atoms with Gasteiger partial charge in [0.2, 0.25) is 5.91 Å². The summed E-state index contributed by atoms with van der Waals surface area (Å²) in [5.41, 5.74) is 2.20. The third-order valence-corrected chi connectivity index (χ3v) is 3.70. The molecule has 1 amide bonds. The van der Waals surface area contributed by atoms with E-state index in [0.29, 0.717) is 11.3 Å². The maximum absolute atomic E-state index is 12.2. The van der Waals surface area contributed by atoms with Gasteiger partial charge in [0.15, 0.2) is 0 Å². The van der Waals surface area contributed by atoms with Crippen LogP contribution in [0, 0.1) is 0 Å². The fraction of sp³-hybridized carbons (Fsp3) is 0.111. The second kappa shape index (κ2) is 5.96. The molecule has 0 saturated heterocycles. The van der Waals surface area contributed by atoms with E-state index in [1.54, 1.807) is 43.4 Å². The molecule has 2 aromatic carbocycles. The first kappa shape index (κ1) is 14.8.